The number of carbonyl (C=O) groups excluding carboxylic acids is 1. The van der Waals surface area contributed by atoms with Crippen LogP contribution >= 0.6 is 23.4 Å². The van der Waals surface area contributed by atoms with E-state index in [1.165, 1.54) is 0 Å². The summed E-state index contributed by atoms with van der Waals surface area (Å²) in [5.41, 5.74) is 2.51. The van der Waals surface area contributed by atoms with Crippen molar-refractivity contribution in [3.63, 3.8) is 0 Å². The quantitative estimate of drug-likeness (QED) is 0.281. The lowest BCUT2D eigenvalue weighted by atomic mass is 10.2. The van der Waals surface area contributed by atoms with Crippen molar-refractivity contribution in [1.29, 1.82) is 0 Å². The molecule has 110 valence electrons. The first kappa shape index (κ1) is 15.6. The molecule has 7 heteroatoms. The van der Waals surface area contributed by atoms with E-state index in [0.29, 0.717) is 28.7 Å². The molecule has 2 rings (SSSR count). The highest BCUT2D eigenvalue weighted by molar-refractivity contribution is 7.99. The summed E-state index contributed by atoms with van der Waals surface area (Å²) < 4.78 is 5.61. The highest BCUT2D eigenvalue weighted by Crippen LogP contribution is 2.20. The van der Waals surface area contributed by atoms with E-state index in [9.17, 15) is 4.79 Å². The molecule has 1 aromatic heterocycles. The van der Waals surface area contributed by atoms with Crippen LogP contribution in [0.5, 0.6) is 5.75 Å². The topological polar surface area (TPSA) is 77.2 Å². The number of nitrogen functional groups attached to an aromatic ring is 1. The predicted molar refractivity (Wildman–Crippen MR) is 83.6 cm³/mol. The molecule has 0 atom stereocenters. The van der Waals surface area contributed by atoms with Crippen molar-refractivity contribution in [3.05, 3.63) is 53.2 Å². The number of amides is 1. The molecule has 0 saturated heterocycles. The first-order valence-electron chi connectivity index (χ1n) is 6.18. The monoisotopic (exact) mass is 323 g/mol. The number of rotatable bonds is 6. The second-order valence-corrected chi connectivity index (χ2v) is 5.53. The predicted octanol–water partition coefficient (Wildman–Crippen LogP) is 2.51. The molecule has 1 amide bonds. The van der Waals surface area contributed by atoms with Gasteiger partial charge in [0.2, 0.25) is 0 Å². The molecule has 2 aromatic rings. The zero-order valence-corrected chi connectivity index (χ0v) is 12.7. The van der Waals surface area contributed by atoms with Crippen molar-refractivity contribution in [2.45, 2.75) is 5.03 Å². The molecule has 0 aliphatic rings. The van der Waals surface area contributed by atoms with Crippen LogP contribution < -0.4 is 16.0 Å². The Kier molecular flexibility index (Phi) is 5.86. The van der Waals surface area contributed by atoms with Crippen LogP contribution in [-0.2, 0) is 0 Å². The van der Waals surface area contributed by atoms with Gasteiger partial charge in [-0.15, -0.1) is 11.8 Å². The van der Waals surface area contributed by atoms with Crippen LogP contribution in [0, 0.1) is 0 Å². The molecule has 0 radical (unpaired) electrons. The van der Waals surface area contributed by atoms with E-state index in [1.807, 2.05) is 6.07 Å². The van der Waals surface area contributed by atoms with Crippen LogP contribution in [0.25, 0.3) is 0 Å². The molecule has 0 spiro atoms. The summed E-state index contributed by atoms with van der Waals surface area (Å²) in [6, 6.07) is 10.6. The summed E-state index contributed by atoms with van der Waals surface area (Å²) >= 11 is 7.32. The van der Waals surface area contributed by atoms with Gasteiger partial charge in [-0.05, 0) is 24.3 Å². The summed E-state index contributed by atoms with van der Waals surface area (Å²) in [5, 5.41) is 1.48. The lowest BCUT2D eigenvalue weighted by molar-refractivity contribution is 0.0950. The second kappa shape index (κ2) is 7.87. The SMILES string of the molecule is NNC(=O)c1ccccc1OCCSc1ccc(Cl)cn1. The van der Waals surface area contributed by atoms with Crippen molar-refractivity contribution >= 4 is 29.3 Å². The molecule has 0 aliphatic carbocycles. The lowest BCUT2D eigenvalue weighted by Crippen LogP contribution is -2.30. The number of nitrogens with zero attached hydrogens (tertiary/aromatic N) is 1. The smallest absolute Gasteiger partial charge is 0.268 e. The molecule has 21 heavy (non-hydrogen) atoms. The van der Waals surface area contributed by atoms with Gasteiger partial charge in [-0.1, -0.05) is 23.7 Å². The van der Waals surface area contributed by atoms with Crippen LogP contribution in [-0.4, -0.2) is 23.3 Å². The zero-order valence-electron chi connectivity index (χ0n) is 11.1. The summed E-state index contributed by atoms with van der Waals surface area (Å²) in [5.74, 6) is 5.97. The molecular formula is C14H14ClN3O2S. The third kappa shape index (κ3) is 4.63. The van der Waals surface area contributed by atoms with Crippen molar-refractivity contribution in [2.75, 3.05) is 12.4 Å². The molecule has 0 unspecified atom stereocenters. The van der Waals surface area contributed by atoms with Crippen LogP contribution in [0.15, 0.2) is 47.6 Å². The van der Waals surface area contributed by atoms with E-state index in [-0.39, 0.29) is 5.91 Å². The Bertz CT molecular complexity index is 607. The van der Waals surface area contributed by atoms with Crippen LogP contribution in [0.3, 0.4) is 0 Å². The number of aromatic nitrogens is 1. The van der Waals surface area contributed by atoms with Gasteiger partial charge in [0.1, 0.15) is 5.75 Å². The number of hydrogen-bond acceptors (Lipinski definition) is 5. The number of pyridine rings is 1. The van der Waals surface area contributed by atoms with Gasteiger partial charge < -0.3 is 4.74 Å². The third-order valence-electron chi connectivity index (χ3n) is 2.55. The van der Waals surface area contributed by atoms with Gasteiger partial charge in [0.15, 0.2) is 0 Å². The molecule has 0 fully saturated rings. The lowest BCUT2D eigenvalue weighted by Gasteiger charge is -2.10. The fraction of sp³-hybridized carbons (Fsp3) is 0.143. The first-order valence-corrected chi connectivity index (χ1v) is 7.54. The normalized spacial score (nSPS) is 10.2. The van der Waals surface area contributed by atoms with Crippen molar-refractivity contribution < 1.29 is 9.53 Å². The number of thioether (sulfide) groups is 1. The van der Waals surface area contributed by atoms with Gasteiger partial charge in [0, 0.05) is 11.9 Å². The number of para-hydroxylation sites is 1. The van der Waals surface area contributed by atoms with Crippen LogP contribution in [0.1, 0.15) is 10.4 Å². The molecule has 0 bridgehead atoms. The minimum absolute atomic E-state index is 0.377. The Hall–Kier alpha value is -1.76. The highest BCUT2D eigenvalue weighted by atomic mass is 35.5. The van der Waals surface area contributed by atoms with Crippen LogP contribution in [0.2, 0.25) is 5.02 Å². The van der Waals surface area contributed by atoms with Crippen molar-refractivity contribution in [3.8, 4) is 5.75 Å². The number of hydrogen-bond donors (Lipinski definition) is 2. The van der Waals surface area contributed by atoms with Crippen molar-refractivity contribution in [2.24, 2.45) is 5.84 Å². The van der Waals surface area contributed by atoms with E-state index >= 15 is 0 Å². The first-order chi connectivity index (χ1) is 10.2. The average molecular weight is 324 g/mol. The maximum atomic E-state index is 11.6. The summed E-state index contributed by atoms with van der Waals surface area (Å²) in [7, 11) is 0. The van der Waals surface area contributed by atoms with Gasteiger partial charge in [0.05, 0.1) is 22.2 Å². The number of nitrogens with two attached hydrogens (primary N) is 1. The largest absolute Gasteiger partial charge is 0.492 e. The van der Waals surface area contributed by atoms with E-state index in [0.717, 1.165) is 5.03 Å². The van der Waals surface area contributed by atoms with Crippen LogP contribution in [0.4, 0.5) is 0 Å². The molecule has 0 aliphatic heterocycles. The standard InChI is InChI=1S/C14H14ClN3O2S/c15-10-5-6-13(17-9-10)21-8-7-20-12-4-2-1-3-11(12)14(19)18-16/h1-6,9H,7-8,16H2,(H,18,19). The van der Waals surface area contributed by atoms with E-state index in [1.54, 1.807) is 48.3 Å². The molecular weight excluding hydrogens is 310 g/mol. The fourth-order valence-electron chi connectivity index (χ4n) is 1.60. The Morgan fingerprint density at radius 3 is 2.86 bits per heavy atom. The molecule has 3 N–H and O–H groups in total. The van der Waals surface area contributed by atoms with Gasteiger partial charge in [-0.3, -0.25) is 10.2 Å². The van der Waals surface area contributed by atoms with Gasteiger partial charge in [0.25, 0.3) is 5.91 Å². The number of benzene rings is 1. The summed E-state index contributed by atoms with van der Waals surface area (Å²) in [4.78, 5) is 15.8. The Morgan fingerprint density at radius 1 is 1.33 bits per heavy atom. The number of ether oxygens (including phenoxy) is 1. The molecule has 1 heterocycles. The molecule has 0 saturated carbocycles. The highest BCUT2D eigenvalue weighted by Gasteiger charge is 2.10. The average Bonchev–Trinajstić information content (AvgIpc) is 2.53. The van der Waals surface area contributed by atoms with Gasteiger partial charge in [-0.25, -0.2) is 10.8 Å². The van der Waals surface area contributed by atoms with E-state index in [2.05, 4.69) is 10.4 Å². The van der Waals surface area contributed by atoms with E-state index in [4.69, 9.17) is 22.2 Å². The summed E-state index contributed by atoms with van der Waals surface area (Å²) in [6.45, 7) is 0.448. The molecule has 1 aromatic carbocycles. The maximum absolute atomic E-state index is 11.6. The zero-order chi connectivity index (χ0) is 15.1. The second-order valence-electron chi connectivity index (χ2n) is 3.98. The van der Waals surface area contributed by atoms with Crippen molar-refractivity contribution in [1.82, 2.24) is 10.4 Å². The number of carbonyl (C=O) groups is 1. The minimum atomic E-state index is -0.377. The Morgan fingerprint density at radius 2 is 2.14 bits per heavy atom. The fourth-order valence-corrected chi connectivity index (χ4v) is 2.38. The Labute approximate surface area is 131 Å². The number of nitrogens with one attached hydrogen (secondary N) is 1. The van der Waals surface area contributed by atoms with Gasteiger partial charge >= 0.3 is 0 Å². The van der Waals surface area contributed by atoms with Gasteiger partial charge in [-0.2, -0.15) is 0 Å². The third-order valence-corrected chi connectivity index (χ3v) is 3.69. The summed E-state index contributed by atoms with van der Waals surface area (Å²) in [6.07, 6.45) is 1.60. The number of hydrazine groups is 1. The molecule has 5 nitrogen and oxygen atoms in total. The number of halogens is 1. The van der Waals surface area contributed by atoms with E-state index < -0.39 is 0 Å². The maximum Gasteiger partial charge on any atom is 0.268 e. The minimum Gasteiger partial charge on any atom is -0.492 e. The Balaban J connectivity index is 1.86.